The zero-order valence-electron chi connectivity index (χ0n) is 10.6. The zero-order valence-corrected chi connectivity index (χ0v) is 11.4. The van der Waals surface area contributed by atoms with E-state index in [0.29, 0.717) is 0 Å². The van der Waals surface area contributed by atoms with E-state index in [1.807, 2.05) is 0 Å². The van der Waals surface area contributed by atoms with Crippen molar-refractivity contribution in [2.75, 3.05) is 11.6 Å². The average Bonchev–Trinajstić information content (AvgIpc) is 2.38. The number of anilines is 1. The summed E-state index contributed by atoms with van der Waals surface area (Å²) in [5, 5.41) is 2.51. The first-order valence-electron chi connectivity index (χ1n) is 5.67. The predicted octanol–water partition coefficient (Wildman–Crippen LogP) is 1.03. The van der Waals surface area contributed by atoms with Crippen molar-refractivity contribution in [3.63, 3.8) is 0 Å². The number of rotatable bonds is 3. The molecule has 0 unspecified atom stereocenters. The Morgan fingerprint density at radius 3 is 2.45 bits per heavy atom. The van der Waals surface area contributed by atoms with Gasteiger partial charge in [-0.1, -0.05) is 12.1 Å². The van der Waals surface area contributed by atoms with Gasteiger partial charge in [-0.3, -0.25) is 9.59 Å². The molecule has 0 aliphatic rings. The van der Waals surface area contributed by atoms with E-state index in [1.54, 1.807) is 12.1 Å². The smallest absolute Gasteiger partial charge is 0.257 e. The van der Waals surface area contributed by atoms with Crippen LogP contribution in [0.25, 0.3) is 0 Å². The van der Waals surface area contributed by atoms with E-state index in [-0.39, 0.29) is 21.7 Å². The summed E-state index contributed by atoms with van der Waals surface area (Å²) in [5.41, 5.74) is 0.109. The quantitative estimate of drug-likeness (QED) is 0.883. The molecule has 1 aromatic heterocycles. The SMILES string of the molecule is CS(=O)(=O)c1ccccc1NC(=O)c1ccc(=O)[nH]c1. The van der Waals surface area contributed by atoms with Crippen LogP contribution in [-0.4, -0.2) is 25.6 Å². The lowest BCUT2D eigenvalue weighted by atomic mass is 10.2. The molecule has 2 N–H and O–H groups in total. The van der Waals surface area contributed by atoms with Gasteiger partial charge >= 0.3 is 0 Å². The Bertz CT molecular complexity index is 789. The zero-order chi connectivity index (χ0) is 14.8. The molecule has 104 valence electrons. The molecular weight excluding hydrogens is 280 g/mol. The van der Waals surface area contributed by atoms with Crippen molar-refractivity contribution in [1.82, 2.24) is 4.98 Å². The highest BCUT2D eigenvalue weighted by Gasteiger charge is 2.15. The van der Waals surface area contributed by atoms with E-state index in [4.69, 9.17) is 0 Å². The van der Waals surface area contributed by atoms with Crippen molar-refractivity contribution in [3.8, 4) is 0 Å². The number of para-hydroxylation sites is 1. The molecule has 2 rings (SSSR count). The van der Waals surface area contributed by atoms with Gasteiger partial charge < -0.3 is 10.3 Å². The number of H-pyrrole nitrogens is 1. The second-order valence-electron chi connectivity index (χ2n) is 4.16. The minimum Gasteiger partial charge on any atom is -0.328 e. The van der Waals surface area contributed by atoms with Gasteiger partial charge in [-0.15, -0.1) is 0 Å². The lowest BCUT2D eigenvalue weighted by molar-refractivity contribution is 0.102. The molecule has 0 atom stereocenters. The molecule has 0 saturated carbocycles. The highest BCUT2D eigenvalue weighted by molar-refractivity contribution is 7.90. The second-order valence-corrected chi connectivity index (χ2v) is 6.15. The first-order valence-corrected chi connectivity index (χ1v) is 7.56. The summed E-state index contributed by atoms with van der Waals surface area (Å²) >= 11 is 0. The average molecular weight is 292 g/mol. The molecule has 0 fully saturated rings. The van der Waals surface area contributed by atoms with Crippen molar-refractivity contribution >= 4 is 21.4 Å². The number of aromatic nitrogens is 1. The van der Waals surface area contributed by atoms with Crippen molar-refractivity contribution < 1.29 is 13.2 Å². The van der Waals surface area contributed by atoms with Gasteiger partial charge in [0.1, 0.15) is 0 Å². The van der Waals surface area contributed by atoms with E-state index < -0.39 is 15.7 Å². The molecule has 1 aromatic carbocycles. The molecule has 0 bridgehead atoms. The summed E-state index contributed by atoms with van der Waals surface area (Å²) in [5.74, 6) is -0.502. The van der Waals surface area contributed by atoms with Crippen molar-refractivity contribution in [2.24, 2.45) is 0 Å². The topological polar surface area (TPSA) is 96.1 Å². The Hall–Kier alpha value is -2.41. The van der Waals surface area contributed by atoms with Crippen LogP contribution in [-0.2, 0) is 9.84 Å². The van der Waals surface area contributed by atoms with Gasteiger partial charge in [0, 0.05) is 18.5 Å². The highest BCUT2D eigenvalue weighted by Crippen LogP contribution is 2.21. The number of sulfone groups is 1. The number of benzene rings is 1. The number of pyridine rings is 1. The molecule has 2 aromatic rings. The Balaban J connectivity index is 2.33. The second kappa shape index (κ2) is 5.30. The number of aromatic amines is 1. The third kappa shape index (κ3) is 3.12. The van der Waals surface area contributed by atoms with Gasteiger partial charge in [0.05, 0.1) is 16.1 Å². The monoisotopic (exact) mass is 292 g/mol. The molecule has 0 radical (unpaired) electrons. The molecular formula is C13H12N2O4S. The molecule has 1 amide bonds. The van der Waals surface area contributed by atoms with Crippen LogP contribution in [0.1, 0.15) is 10.4 Å². The maximum absolute atomic E-state index is 12.0. The van der Waals surface area contributed by atoms with E-state index in [0.717, 1.165) is 6.26 Å². The Morgan fingerprint density at radius 2 is 1.85 bits per heavy atom. The third-order valence-electron chi connectivity index (χ3n) is 2.58. The first-order chi connectivity index (χ1) is 9.38. The number of amides is 1. The maximum Gasteiger partial charge on any atom is 0.257 e. The molecule has 0 spiro atoms. The normalized spacial score (nSPS) is 11.1. The lowest BCUT2D eigenvalue weighted by Crippen LogP contribution is -2.16. The fourth-order valence-electron chi connectivity index (χ4n) is 1.64. The van der Waals surface area contributed by atoms with E-state index in [1.165, 1.54) is 30.5 Å². The van der Waals surface area contributed by atoms with Crippen molar-refractivity contribution in [2.45, 2.75) is 4.90 Å². The van der Waals surface area contributed by atoms with Crippen LogP contribution in [0.2, 0.25) is 0 Å². The summed E-state index contributed by atoms with van der Waals surface area (Å²) in [4.78, 5) is 25.3. The number of nitrogens with one attached hydrogen (secondary N) is 2. The molecule has 7 heteroatoms. The van der Waals surface area contributed by atoms with Crippen LogP contribution < -0.4 is 10.9 Å². The van der Waals surface area contributed by atoms with Gasteiger partial charge in [-0.25, -0.2) is 8.42 Å². The van der Waals surface area contributed by atoms with Gasteiger partial charge in [-0.05, 0) is 18.2 Å². The van der Waals surface area contributed by atoms with Crippen LogP contribution >= 0.6 is 0 Å². The predicted molar refractivity (Wildman–Crippen MR) is 74.6 cm³/mol. The van der Waals surface area contributed by atoms with Gasteiger partial charge in [0.2, 0.25) is 5.56 Å². The number of hydrogen-bond acceptors (Lipinski definition) is 4. The molecule has 6 nitrogen and oxygen atoms in total. The standard InChI is InChI=1S/C13H12N2O4S/c1-20(18,19)11-5-3-2-4-10(11)15-13(17)9-6-7-12(16)14-8-9/h2-8H,1H3,(H,14,16)(H,15,17). The fraction of sp³-hybridized carbons (Fsp3) is 0.0769. The minimum atomic E-state index is -3.44. The van der Waals surface area contributed by atoms with E-state index in [2.05, 4.69) is 10.3 Å². The Kier molecular flexibility index (Phi) is 3.71. The van der Waals surface area contributed by atoms with Gasteiger partial charge in [0.25, 0.3) is 5.91 Å². The number of hydrogen-bond donors (Lipinski definition) is 2. The summed E-state index contributed by atoms with van der Waals surface area (Å²) in [7, 11) is -3.44. The van der Waals surface area contributed by atoms with E-state index >= 15 is 0 Å². The maximum atomic E-state index is 12.0. The van der Waals surface area contributed by atoms with Gasteiger partial charge in [0.15, 0.2) is 9.84 Å². The lowest BCUT2D eigenvalue weighted by Gasteiger charge is -2.09. The van der Waals surface area contributed by atoms with Crippen LogP contribution in [0.3, 0.4) is 0 Å². The third-order valence-corrected chi connectivity index (χ3v) is 3.74. The number of carbonyl (C=O) groups is 1. The van der Waals surface area contributed by atoms with Gasteiger partial charge in [-0.2, -0.15) is 0 Å². The molecule has 0 saturated heterocycles. The molecule has 0 aliphatic carbocycles. The van der Waals surface area contributed by atoms with Crippen LogP contribution in [0, 0.1) is 0 Å². The van der Waals surface area contributed by atoms with Crippen LogP contribution in [0.4, 0.5) is 5.69 Å². The Labute approximate surface area is 115 Å². The minimum absolute atomic E-state index is 0.0396. The van der Waals surface area contributed by atoms with Crippen molar-refractivity contribution in [3.05, 3.63) is 58.5 Å². The molecule has 1 heterocycles. The van der Waals surface area contributed by atoms with Crippen LogP contribution in [0.15, 0.2) is 52.3 Å². The van der Waals surface area contributed by atoms with Crippen molar-refractivity contribution in [1.29, 1.82) is 0 Å². The molecule has 20 heavy (non-hydrogen) atoms. The summed E-state index contributed by atoms with van der Waals surface area (Å²) in [6.07, 6.45) is 2.33. The molecule has 0 aliphatic heterocycles. The van der Waals surface area contributed by atoms with E-state index in [9.17, 15) is 18.0 Å². The summed E-state index contributed by atoms with van der Waals surface area (Å²) in [6.45, 7) is 0. The summed E-state index contributed by atoms with van der Waals surface area (Å²) in [6, 6.07) is 8.69. The number of carbonyl (C=O) groups excluding carboxylic acids is 1. The highest BCUT2D eigenvalue weighted by atomic mass is 32.2. The van der Waals surface area contributed by atoms with Crippen LogP contribution in [0.5, 0.6) is 0 Å². The largest absolute Gasteiger partial charge is 0.328 e. The summed E-state index contributed by atoms with van der Waals surface area (Å²) < 4.78 is 23.2. The Morgan fingerprint density at radius 1 is 1.15 bits per heavy atom. The first kappa shape index (κ1) is 14.0. The fourth-order valence-corrected chi connectivity index (χ4v) is 2.48.